The van der Waals surface area contributed by atoms with Gasteiger partial charge in [0.25, 0.3) is 0 Å². The van der Waals surface area contributed by atoms with Crippen molar-refractivity contribution in [2.75, 3.05) is 32.0 Å². The fraction of sp³-hybridized carbons (Fsp3) is 0.583. The molecule has 2 aromatic rings. The highest BCUT2D eigenvalue weighted by atomic mass is 16.2. The summed E-state index contributed by atoms with van der Waals surface area (Å²) in [5.74, 6) is 1.35. The number of hydrogen-bond acceptors (Lipinski definition) is 5. The molecule has 1 aliphatic rings. The Morgan fingerprint density at radius 3 is 3.26 bits per heavy atom. The Kier molecular flexibility index (Phi) is 3.20. The molecule has 0 spiro atoms. The van der Waals surface area contributed by atoms with Crippen LogP contribution in [0.5, 0.6) is 0 Å². The van der Waals surface area contributed by atoms with E-state index in [1.54, 1.807) is 6.07 Å². The first-order valence-corrected chi connectivity index (χ1v) is 6.59. The fourth-order valence-corrected chi connectivity index (χ4v) is 2.59. The molecule has 0 aliphatic carbocycles. The lowest BCUT2D eigenvalue weighted by atomic mass is 9.98. The molecule has 2 N–H and O–H groups in total. The molecule has 102 valence electrons. The lowest BCUT2D eigenvalue weighted by Gasteiger charge is -2.29. The number of anilines is 1. The largest absolute Gasteiger partial charge is 0.368 e. The van der Waals surface area contributed by atoms with E-state index < -0.39 is 0 Å². The van der Waals surface area contributed by atoms with Gasteiger partial charge in [-0.2, -0.15) is 9.61 Å². The van der Waals surface area contributed by atoms with Crippen molar-refractivity contribution in [3.05, 3.63) is 22.6 Å². The second-order valence-electron chi connectivity index (χ2n) is 5.17. The van der Waals surface area contributed by atoms with Crippen LogP contribution in [0.1, 0.15) is 12.8 Å². The molecule has 0 amide bonds. The van der Waals surface area contributed by atoms with Crippen LogP contribution in [0.2, 0.25) is 0 Å². The van der Waals surface area contributed by atoms with Crippen molar-refractivity contribution < 1.29 is 0 Å². The van der Waals surface area contributed by atoms with Gasteiger partial charge in [-0.05, 0) is 44.5 Å². The van der Waals surface area contributed by atoms with Gasteiger partial charge in [0.1, 0.15) is 5.82 Å². The van der Waals surface area contributed by atoms with E-state index in [-0.39, 0.29) is 5.69 Å². The van der Waals surface area contributed by atoms with Crippen LogP contribution < -0.4 is 11.0 Å². The number of hydrogen-bond donors (Lipinski definition) is 2. The maximum Gasteiger partial charge on any atom is 0.364 e. The van der Waals surface area contributed by atoms with Crippen molar-refractivity contribution in [3.63, 3.8) is 0 Å². The number of nitrogens with one attached hydrogen (secondary N) is 2. The van der Waals surface area contributed by atoms with Crippen LogP contribution in [0.15, 0.2) is 16.9 Å². The molecule has 1 saturated heterocycles. The van der Waals surface area contributed by atoms with Crippen molar-refractivity contribution in [2.24, 2.45) is 5.92 Å². The van der Waals surface area contributed by atoms with E-state index in [1.807, 2.05) is 6.07 Å². The Morgan fingerprint density at radius 2 is 2.42 bits per heavy atom. The van der Waals surface area contributed by atoms with E-state index in [0.717, 1.165) is 13.1 Å². The van der Waals surface area contributed by atoms with Gasteiger partial charge < -0.3 is 10.2 Å². The van der Waals surface area contributed by atoms with Crippen molar-refractivity contribution in [3.8, 4) is 0 Å². The molecule has 1 aliphatic heterocycles. The van der Waals surface area contributed by atoms with Gasteiger partial charge in [-0.15, -0.1) is 5.10 Å². The Morgan fingerprint density at radius 1 is 1.53 bits per heavy atom. The van der Waals surface area contributed by atoms with E-state index in [1.165, 1.54) is 23.9 Å². The van der Waals surface area contributed by atoms with Crippen LogP contribution in [-0.2, 0) is 0 Å². The molecule has 2 aromatic heterocycles. The van der Waals surface area contributed by atoms with Crippen LogP contribution in [0.4, 0.5) is 5.82 Å². The zero-order valence-electron chi connectivity index (χ0n) is 11.0. The molecule has 19 heavy (non-hydrogen) atoms. The topological polar surface area (TPSA) is 78.3 Å². The normalized spacial score (nSPS) is 20.8. The van der Waals surface area contributed by atoms with E-state index in [0.29, 0.717) is 17.4 Å². The average molecular weight is 262 g/mol. The quantitative estimate of drug-likeness (QED) is 0.824. The zero-order valence-corrected chi connectivity index (χ0v) is 11.0. The molecule has 0 bridgehead atoms. The molecule has 7 nitrogen and oxygen atoms in total. The minimum atomic E-state index is -0.309. The summed E-state index contributed by atoms with van der Waals surface area (Å²) in [5, 5.41) is 13.8. The first-order valence-electron chi connectivity index (χ1n) is 6.59. The highest BCUT2D eigenvalue weighted by Crippen LogP contribution is 2.15. The third kappa shape index (κ3) is 2.60. The minimum absolute atomic E-state index is 0.309. The maximum atomic E-state index is 11.4. The number of H-pyrrole nitrogens is 1. The highest BCUT2D eigenvalue weighted by Gasteiger charge is 2.16. The van der Waals surface area contributed by atoms with Crippen molar-refractivity contribution in [2.45, 2.75) is 12.8 Å². The maximum absolute atomic E-state index is 11.4. The van der Waals surface area contributed by atoms with Gasteiger partial charge >= 0.3 is 5.69 Å². The number of aromatic amines is 1. The molecule has 1 atom stereocenters. The second kappa shape index (κ2) is 5.00. The lowest BCUT2D eigenvalue weighted by molar-refractivity contribution is 0.217. The van der Waals surface area contributed by atoms with Gasteiger partial charge in [0.05, 0.1) is 0 Å². The summed E-state index contributed by atoms with van der Waals surface area (Å²) in [5.41, 5.74) is 0.226. The van der Waals surface area contributed by atoms with Gasteiger partial charge in [-0.1, -0.05) is 0 Å². The standard InChI is InChI=1S/C12H18N6O/c1-17-6-2-3-9(8-17)7-13-10-4-5-11-14-15-12(19)18(11)16-10/h4-5,9H,2-3,6-8H2,1H3,(H,13,16)(H,15,19). The smallest absolute Gasteiger partial charge is 0.364 e. The molecule has 0 radical (unpaired) electrons. The molecule has 7 heteroatoms. The summed E-state index contributed by atoms with van der Waals surface area (Å²) in [6.07, 6.45) is 2.49. The number of piperidine rings is 1. The Hall–Kier alpha value is -1.89. The van der Waals surface area contributed by atoms with Crippen LogP contribution in [0.25, 0.3) is 5.65 Å². The number of likely N-dealkylation sites (tertiary alicyclic amines) is 1. The molecule has 3 rings (SSSR count). The summed E-state index contributed by atoms with van der Waals surface area (Å²) < 4.78 is 1.27. The first-order chi connectivity index (χ1) is 9.22. The zero-order chi connectivity index (χ0) is 13.2. The number of fused-ring (bicyclic) bond motifs is 1. The Labute approximate surface area is 110 Å². The van der Waals surface area contributed by atoms with E-state index >= 15 is 0 Å². The third-order valence-electron chi connectivity index (χ3n) is 3.57. The van der Waals surface area contributed by atoms with Crippen LogP contribution >= 0.6 is 0 Å². The predicted molar refractivity (Wildman–Crippen MR) is 72.3 cm³/mol. The van der Waals surface area contributed by atoms with Crippen LogP contribution in [0.3, 0.4) is 0 Å². The van der Waals surface area contributed by atoms with Gasteiger partial charge in [-0.25, -0.2) is 9.89 Å². The Balaban J connectivity index is 1.67. The van der Waals surface area contributed by atoms with Gasteiger partial charge in [0.2, 0.25) is 0 Å². The predicted octanol–water partition coefficient (Wildman–Crippen LogP) is 0.171. The SMILES string of the molecule is CN1CCCC(CNc2ccc3n[nH]c(=O)n3n2)C1. The number of aromatic nitrogens is 4. The molecular formula is C12H18N6O. The summed E-state index contributed by atoms with van der Waals surface area (Å²) >= 11 is 0. The van der Waals surface area contributed by atoms with Crippen LogP contribution in [-0.4, -0.2) is 51.4 Å². The summed E-state index contributed by atoms with van der Waals surface area (Å²) in [6.45, 7) is 3.18. The Bertz CT molecular complexity index is 618. The molecule has 0 aromatic carbocycles. The third-order valence-corrected chi connectivity index (χ3v) is 3.57. The molecule has 0 saturated carbocycles. The molecule has 1 fully saturated rings. The summed E-state index contributed by atoms with van der Waals surface area (Å²) in [7, 11) is 2.15. The molecule has 3 heterocycles. The lowest BCUT2D eigenvalue weighted by Crippen LogP contribution is -2.35. The first kappa shape index (κ1) is 12.2. The van der Waals surface area contributed by atoms with Crippen molar-refractivity contribution in [1.29, 1.82) is 0 Å². The second-order valence-corrected chi connectivity index (χ2v) is 5.17. The van der Waals surface area contributed by atoms with Gasteiger partial charge in [0.15, 0.2) is 5.65 Å². The fourth-order valence-electron chi connectivity index (χ4n) is 2.59. The van der Waals surface area contributed by atoms with E-state index in [4.69, 9.17) is 0 Å². The molecule has 1 unspecified atom stereocenters. The number of rotatable bonds is 3. The van der Waals surface area contributed by atoms with E-state index in [9.17, 15) is 4.79 Å². The van der Waals surface area contributed by atoms with Crippen molar-refractivity contribution in [1.82, 2.24) is 24.7 Å². The highest BCUT2D eigenvalue weighted by molar-refractivity contribution is 5.42. The summed E-state index contributed by atoms with van der Waals surface area (Å²) in [6, 6.07) is 3.63. The average Bonchev–Trinajstić information content (AvgIpc) is 2.78. The van der Waals surface area contributed by atoms with Gasteiger partial charge in [0, 0.05) is 13.1 Å². The monoisotopic (exact) mass is 262 g/mol. The molecular weight excluding hydrogens is 244 g/mol. The number of nitrogens with zero attached hydrogens (tertiary/aromatic N) is 4. The van der Waals surface area contributed by atoms with Crippen LogP contribution in [0, 0.1) is 5.92 Å². The van der Waals surface area contributed by atoms with Crippen molar-refractivity contribution >= 4 is 11.5 Å². The van der Waals surface area contributed by atoms with E-state index in [2.05, 4.69) is 32.6 Å². The summed E-state index contributed by atoms with van der Waals surface area (Å²) in [4.78, 5) is 13.8. The van der Waals surface area contributed by atoms with Gasteiger partial charge in [-0.3, -0.25) is 0 Å². The minimum Gasteiger partial charge on any atom is -0.368 e.